The molecule has 4 aromatic carbocycles. The highest BCUT2D eigenvalue weighted by Crippen LogP contribution is 2.64. The number of imide groups is 2. The molecule has 0 saturated heterocycles. The number of benzene rings is 4. The van der Waals surface area contributed by atoms with Gasteiger partial charge in [0.15, 0.2) is 0 Å². The lowest BCUT2D eigenvalue weighted by Gasteiger charge is -2.36. The maximum absolute atomic E-state index is 13.3. The van der Waals surface area contributed by atoms with Crippen LogP contribution in [0.4, 0.5) is 0 Å². The summed E-state index contributed by atoms with van der Waals surface area (Å²) in [5.41, 5.74) is 0.926. The second-order valence-electron chi connectivity index (χ2n) is 15.9. The van der Waals surface area contributed by atoms with E-state index >= 15 is 0 Å². The van der Waals surface area contributed by atoms with Crippen molar-refractivity contribution in [1.29, 1.82) is 0 Å². The number of amides is 4. The highest BCUT2D eigenvalue weighted by Gasteiger charge is 2.65. The molecule has 1 radical (unpaired) electrons. The van der Waals surface area contributed by atoms with Crippen molar-refractivity contribution in [3.63, 3.8) is 0 Å². The van der Waals surface area contributed by atoms with Crippen molar-refractivity contribution in [1.82, 2.24) is 10.1 Å². The van der Waals surface area contributed by atoms with Crippen LogP contribution in [-0.4, -0.2) is 61.9 Å². The summed E-state index contributed by atoms with van der Waals surface area (Å²) in [6, 6.07) is 16.9. The molecular weight excluding hydrogens is 1020 g/mol. The maximum atomic E-state index is 13.3. The number of carbonyl (C=O) groups is 5. The molecule has 4 aromatic rings. The molecule has 1 N–H and O–H groups in total. The predicted molar refractivity (Wildman–Crippen MR) is 293 cm³/mol. The number of ketones is 1. The van der Waals surface area contributed by atoms with E-state index in [1.54, 1.807) is 54.6 Å². The minimum atomic E-state index is -4.43. The molecule has 0 spiro atoms. The number of nitrogens with zero attached hydrogens (tertiary/aromatic N) is 2. The van der Waals surface area contributed by atoms with Gasteiger partial charge in [-0.3, -0.25) is 29.2 Å². The predicted octanol–water partition coefficient (Wildman–Crippen LogP) is 14.3. The van der Waals surface area contributed by atoms with Gasteiger partial charge in [0.2, 0.25) is 0 Å². The first-order valence-corrected chi connectivity index (χ1v) is 24.2. The molecule has 2 unspecified atom stereocenters. The second kappa shape index (κ2) is 19.1. The molecule has 2 fully saturated rings. The van der Waals surface area contributed by atoms with Crippen molar-refractivity contribution in [2.24, 2.45) is 16.7 Å². The first-order valence-electron chi connectivity index (χ1n) is 39.1. The summed E-state index contributed by atoms with van der Waals surface area (Å²) in [6.07, 6.45) is 7.30. The van der Waals surface area contributed by atoms with Gasteiger partial charge in [0.25, 0.3) is 36.7 Å². The zero-order chi connectivity index (χ0) is 82.3. The molecule has 4 aliphatic rings. The van der Waals surface area contributed by atoms with Gasteiger partial charge in [0, 0.05) is 99.0 Å². The van der Waals surface area contributed by atoms with Gasteiger partial charge in [0.1, 0.15) is 5.78 Å². The van der Waals surface area contributed by atoms with Gasteiger partial charge in [-0.1, -0.05) is 88.5 Å². The molecule has 8 rings (SSSR count). The summed E-state index contributed by atoms with van der Waals surface area (Å²) >= 11 is 4.30. The van der Waals surface area contributed by atoms with Crippen molar-refractivity contribution in [2.75, 3.05) is 5.75 Å². The molecule has 0 aromatic heterocycles. The number of unbranched alkanes of at least 4 members (excludes halogenated alkanes) is 4. The van der Waals surface area contributed by atoms with Crippen LogP contribution < -0.4 is 0 Å². The zero-order valence-electron chi connectivity index (χ0n) is 72.3. The number of rotatable bonds is 8. The summed E-state index contributed by atoms with van der Waals surface area (Å²) in [5.74, 6) is 8.89. The minimum absolute atomic E-state index is 0. The standard InChI is InChI=1S/C28H29NO6S.C18H15NO3.BI2.20H2/c1-4-5-6-7-9-18-12-13-22-24-20(18)10-8-11-21(24)25(31)29(26(22)32)35-36(33,34)17-28-15-14-19(16-23(28)30)27(28,2)3;1-2-3-4-5-7-12-10-11-15-16-13(12)8-6-9-14(16)17(20)19(22)18(15)21;2-1-3;;;;;;;;;;;;;;;;;;;;/h8,10-13,19H,4-6,14-17H2,1-3H3;6,8-11,22H,2-4H2,1H3;;20*1H/i;;;19*1+2T;1+2. The Kier molecular flexibility index (Phi) is 8.49. The van der Waals surface area contributed by atoms with Crippen LogP contribution in [0.3, 0.4) is 0 Å². The molecule has 2 aliphatic carbocycles. The van der Waals surface area contributed by atoms with E-state index in [1.165, 1.54) is 0 Å². The fraction of sp³-hybridized carbons (Fsp3) is 0.370. The lowest BCUT2D eigenvalue weighted by molar-refractivity contribution is -0.128. The fourth-order valence-corrected chi connectivity index (χ4v) is 10.5. The van der Waals surface area contributed by atoms with Crippen LogP contribution in [0, 0.1) is 40.4 Å². The summed E-state index contributed by atoms with van der Waals surface area (Å²) < 4.78 is 224. The summed E-state index contributed by atoms with van der Waals surface area (Å²) in [4.78, 5) is 63.5. The number of hydroxylamine groups is 4. The fourth-order valence-electron chi connectivity index (χ4n) is 8.84. The van der Waals surface area contributed by atoms with Crippen molar-refractivity contribution in [3.05, 3.63) is 94.0 Å². The topological polar surface area (TPSA) is 155 Å². The highest BCUT2D eigenvalue weighted by molar-refractivity contribution is 14.3. The van der Waals surface area contributed by atoms with E-state index < -0.39 is 50.3 Å². The Morgan fingerprint density at radius 2 is 1.25 bits per heavy atom. The Hall–Kier alpha value is -4.14. The molecule has 61 heavy (non-hydrogen) atoms. The average Bonchev–Trinajstić information content (AvgIpc) is 1.50. The van der Waals surface area contributed by atoms with Gasteiger partial charge in [-0.05, 0) is 84.2 Å². The Balaban J connectivity index is -0.0000000750. The number of halogens is 2. The number of fused-ring (bicyclic) bond motifs is 2. The normalized spacial score (nSPS) is 21.9. The van der Waals surface area contributed by atoms with E-state index in [-0.39, 0.29) is 29.3 Å². The van der Waals surface area contributed by atoms with Crippen LogP contribution in [0.15, 0.2) is 60.7 Å². The van der Waals surface area contributed by atoms with Crippen LogP contribution >= 0.6 is 44.7 Å². The van der Waals surface area contributed by atoms with E-state index in [0.29, 0.717) is 50.8 Å². The van der Waals surface area contributed by atoms with E-state index in [0.717, 1.165) is 55.9 Å². The third-order valence-electron chi connectivity index (χ3n) is 12.3. The Morgan fingerprint density at radius 3 is 1.69 bits per heavy atom. The van der Waals surface area contributed by atoms with Crippen LogP contribution in [0.5, 0.6) is 0 Å². The SMILES string of the molecule is CCCCC#Cc1ccc2c3c(cccc13)C(=O)N(O)C2=O.CCCCC#Cc1ccc2c3c(cccc13)C(=O)N(OS(=O)(=O)CC13CCC(CC1=O)C3(C)C)C2=O.I[B]I.[3HH].[3H][3H].[3H][3H].[3H][3H].[3H][3H].[3H][3H].[3H][3H].[3H][3H].[3H][3H].[3H][3H].[3H][3H].[3H][3H].[3H][3H].[3H][3H].[3H][3H].[3H][3H].[3H][3H].[3H][3H].[3H][3H].[3H][3H]. The molecule has 2 heterocycles. The molecule has 2 atom stereocenters. The van der Waals surface area contributed by atoms with Gasteiger partial charge in [-0.25, -0.2) is 0 Å². The third kappa shape index (κ3) is 8.78. The second-order valence-corrected chi connectivity index (χ2v) is 21.1. The third-order valence-corrected chi connectivity index (χ3v) is 13.5. The molecule has 11 nitrogen and oxygen atoms in total. The van der Waals surface area contributed by atoms with Gasteiger partial charge in [0.05, 0.1) is 33.4 Å². The number of hydrogen-bond acceptors (Lipinski definition) is 9. The number of hydrogen-bond donors (Lipinski definition) is 1. The summed E-state index contributed by atoms with van der Waals surface area (Å²) in [6.45, 7) is 8.04. The Labute approximate surface area is 443 Å². The zero-order valence-corrected chi connectivity index (χ0v) is 39.4. The molecule has 2 saturated carbocycles. The number of carbonyl (C=O) groups excluding carboxylic acids is 5. The van der Waals surface area contributed by atoms with E-state index in [9.17, 15) is 37.6 Å². The Bertz CT molecular complexity index is 2770. The molecule has 2 aliphatic heterocycles. The minimum Gasteiger partial charge on any atom is -0.299 e. The highest BCUT2D eigenvalue weighted by atomic mass is 127. The average molecular weight is 1180 g/mol. The van der Waals surface area contributed by atoms with Crippen molar-refractivity contribution in [2.45, 2.75) is 85.5 Å². The van der Waals surface area contributed by atoms with E-state index in [4.69, 9.17) is 60.7 Å². The van der Waals surface area contributed by atoms with E-state index in [2.05, 4.69) is 82.3 Å². The van der Waals surface area contributed by atoms with Crippen LogP contribution in [0.2, 0.25) is 0 Å². The van der Waals surface area contributed by atoms with Gasteiger partial charge in [-0.2, -0.15) is 8.42 Å². The largest absolute Gasteiger partial charge is 0.299 e. The van der Waals surface area contributed by atoms with Crippen LogP contribution in [0.1, 0.15) is 196 Å². The van der Waals surface area contributed by atoms with Crippen molar-refractivity contribution in [3.8, 4) is 23.7 Å². The van der Waals surface area contributed by atoms with Crippen LogP contribution in [0.25, 0.3) is 21.5 Å². The maximum Gasteiger partial charge on any atom is 0.289 e. The lowest BCUT2D eigenvalue weighted by atomic mass is 9.70. The molecular formula is C46H84BI2N2O9S. The smallest absolute Gasteiger partial charge is 0.289 e. The molecule has 355 valence electrons. The van der Waals surface area contributed by atoms with Gasteiger partial charge >= 0.3 is 0 Å². The van der Waals surface area contributed by atoms with Crippen LogP contribution in [-0.2, 0) is 19.2 Å². The molecule has 4 amide bonds. The number of Topliss-reactive ketones (excluding diaryl/α,β-unsaturated/α-hetero) is 1. The first-order chi connectivity index (χ1) is 48.1. The first kappa shape index (κ1) is 27.1. The van der Waals surface area contributed by atoms with Crippen molar-refractivity contribution < 1.29 is 99.7 Å². The molecule has 15 heteroatoms. The lowest BCUT2D eigenvalue weighted by Crippen LogP contribution is -2.46. The van der Waals surface area contributed by atoms with Gasteiger partial charge < -0.3 is 0 Å². The molecule has 2 bridgehead atoms. The summed E-state index contributed by atoms with van der Waals surface area (Å²) in [5, 5.41) is 12.6. The quantitative estimate of drug-likeness (QED) is 0.0453. The Morgan fingerprint density at radius 1 is 0.787 bits per heavy atom. The monoisotopic (exact) mass is 1180 g/mol. The van der Waals surface area contributed by atoms with E-state index in [1.807, 2.05) is 22.9 Å². The van der Waals surface area contributed by atoms with Gasteiger partial charge in [-0.15, -0.1) is 59.2 Å². The summed E-state index contributed by atoms with van der Waals surface area (Å²) in [7, 11) is -4.43. The van der Waals surface area contributed by atoms with Crippen molar-refractivity contribution >= 4 is 109 Å².